The van der Waals surface area contributed by atoms with Crippen molar-refractivity contribution in [2.45, 2.75) is 31.3 Å². The van der Waals surface area contributed by atoms with Crippen molar-refractivity contribution in [1.82, 2.24) is 0 Å². The molecule has 0 unspecified atom stereocenters. The molecule has 6 nitrogen and oxygen atoms in total. The van der Waals surface area contributed by atoms with Gasteiger partial charge in [-0.1, -0.05) is 17.7 Å². The lowest BCUT2D eigenvalue weighted by molar-refractivity contribution is -0.137. The Morgan fingerprint density at radius 2 is 1.61 bits per heavy atom. The minimum absolute atomic E-state index is 0.143. The molecule has 1 rings (SSSR count). The number of hydrogen-bond donors (Lipinski definition) is 1. The maximum absolute atomic E-state index is 10.1. The summed E-state index contributed by atoms with van der Waals surface area (Å²) >= 11 is 0. The molecule has 1 N–H and O–H groups in total. The first-order valence-corrected chi connectivity index (χ1v) is 7.43. The summed E-state index contributed by atoms with van der Waals surface area (Å²) in [7, 11) is 6.14. The van der Waals surface area contributed by atoms with Gasteiger partial charge in [0.25, 0.3) is 0 Å². The molecular formula is C17H27NO5. The Balaban J connectivity index is 2.87. The molecule has 0 bridgehead atoms. The van der Waals surface area contributed by atoms with E-state index >= 15 is 0 Å². The Morgan fingerprint density at radius 3 is 2.09 bits per heavy atom. The zero-order chi connectivity index (χ0) is 17.2. The first-order chi connectivity index (χ1) is 11.1. The normalized spacial score (nSPS) is 17.1. The highest BCUT2D eigenvalue weighted by Crippen LogP contribution is 2.16. The third-order valence-electron chi connectivity index (χ3n) is 3.59. The number of aliphatic hydroxyl groups excluding tert-OH is 1. The van der Waals surface area contributed by atoms with Crippen LogP contribution in [0.5, 0.6) is 0 Å². The lowest BCUT2D eigenvalue weighted by atomic mass is 10.0. The van der Waals surface area contributed by atoms with E-state index in [1.807, 2.05) is 31.2 Å². The molecule has 6 heteroatoms. The second-order valence-electron chi connectivity index (χ2n) is 5.24. The summed E-state index contributed by atoms with van der Waals surface area (Å²) in [6.45, 7) is 2.16. The number of nitrogens with zero attached hydrogens (tertiary/aromatic N) is 1. The van der Waals surface area contributed by atoms with E-state index in [1.54, 1.807) is 20.4 Å². The number of hydrogen-bond acceptors (Lipinski definition) is 6. The molecule has 0 aliphatic rings. The van der Waals surface area contributed by atoms with Crippen LogP contribution >= 0.6 is 0 Å². The molecule has 0 fully saturated rings. The minimum atomic E-state index is -0.833. The van der Waals surface area contributed by atoms with Crippen LogP contribution in [0.15, 0.2) is 29.3 Å². The second kappa shape index (κ2) is 10.5. The maximum Gasteiger partial charge on any atom is 0.121 e. The largest absolute Gasteiger partial charge is 0.388 e. The summed E-state index contributed by atoms with van der Waals surface area (Å²) in [4.78, 5) is 4.41. The van der Waals surface area contributed by atoms with E-state index in [1.165, 1.54) is 19.8 Å². The van der Waals surface area contributed by atoms with Crippen molar-refractivity contribution >= 4 is 11.9 Å². The van der Waals surface area contributed by atoms with Gasteiger partial charge in [0.2, 0.25) is 0 Å². The van der Waals surface area contributed by atoms with Crippen LogP contribution in [0.2, 0.25) is 0 Å². The molecule has 130 valence electrons. The molecule has 1 aromatic carbocycles. The second-order valence-corrected chi connectivity index (χ2v) is 5.24. The van der Waals surface area contributed by atoms with E-state index in [4.69, 9.17) is 18.9 Å². The SMILES string of the molecule is COC[C@@H](O)[C@@H](OC)[C@H](OC)[C@H](C=Nc1ccc(C)cc1)OC. The smallest absolute Gasteiger partial charge is 0.121 e. The lowest BCUT2D eigenvalue weighted by Gasteiger charge is -2.31. The number of benzene rings is 1. The van der Waals surface area contributed by atoms with Gasteiger partial charge in [0.05, 0.1) is 12.3 Å². The molecule has 0 radical (unpaired) electrons. The van der Waals surface area contributed by atoms with Gasteiger partial charge in [0.1, 0.15) is 24.4 Å². The van der Waals surface area contributed by atoms with E-state index in [-0.39, 0.29) is 6.61 Å². The monoisotopic (exact) mass is 325 g/mol. The Labute approximate surface area is 138 Å². The fraction of sp³-hybridized carbons (Fsp3) is 0.588. The molecule has 0 amide bonds. The molecule has 0 spiro atoms. The molecule has 1 aromatic rings. The van der Waals surface area contributed by atoms with Crippen LogP contribution in [-0.2, 0) is 18.9 Å². The maximum atomic E-state index is 10.1. The van der Waals surface area contributed by atoms with Crippen LogP contribution in [0.1, 0.15) is 5.56 Å². The van der Waals surface area contributed by atoms with E-state index in [2.05, 4.69) is 4.99 Å². The zero-order valence-electron chi connectivity index (χ0n) is 14.4. The quantitative estimate of drug-likeness (QED) is 0.664. The van der Waals surface area contributed by atoms with Crippen LogP contribution in [-0.4, -0.2) is 70.8 Å². The van der Waals surface area contributed by atoms with Gasteiger partial charge in [-0.3, -0.25) is 4.99 Å². The van der Waals surface area contributed by atoms with Crippen molar-refractivity contribution in [3.63, 3.8) is 0 Å². The summed E-state index contributed by atoms with van der Waals surface area (Å²) in [5.74, 6) is 0. The number of aliphatic hydroxyl groups is 1. The number of aryl methyl sites for hydroxylation is 1. The van der Waals surface area contributed by atoms with E-state index in [9.17, 15) is 5.11 Å². The van der Waals surface area contributed by atoms with Crippen molar-refractivity contribution in [3.8, 4) is 0 Å². The topological polar surface area (TPSA) is 69.5 Å². The van der Waals surface area contributed by atoms with Crippen LogP contribution in [0.4, 0.5) is 5.69 Å². The third-order valence-corrected chi connectivity index (χ3v) is 3.59. The van der Waals surface area contributed by atoms with Gasteiger partial charge in [0.15, 0.2) is 0 Å². The molecule has 4 atom stereocenters. The highest BCUT2D eigenvalue weighted by Gasteiger charge is 2.34. The molecule has 0 saturated heterocycles. The van der Waals surface area contributed by atoms with Crippen molar-refractivity contribution in [2.75, 3.05) is 35.0 Å². The van der Waals surface area contributed by atoms with Gasteiger partial charge in [-0.2, -0.15) is 0 Å². The van der Waals surface area contributed by atoms with Gasteiger partial charge in [0, 0.05) is 34.7 Å². The Morgan fingerprint density at radius 1 is 1.00 bits per heavy atom. The predicted molar refractivity (Wildman–Crippen MR) is 89.6 cm³/mol. The van der Waals surface area contributed by atoms with Crippen LogP contribution in [0, 0.1) is 6.92 Å². The molecular weight excluding hydrogens is 298 g/mol. The van der Waals surface area contributed by atoms with E-state index in [0.29, 0.717) is 0 Å². The van der Waals surface area contributed by atoms with Gasteiger partial charge >= 0.3 is 0 Å². The van der Waals surface area contributed by atoms with Gasteiger partial charge < -0.3 is 24.1 Å². The Kier molecular flexibility index (Phi) is 8.98. The lowest BCUT2D eigenvalue weighted by Crippen LogP contribution is -2.49. The third kappa shape index (κ3) is 6.01. The van der Waals surface area contributed by atoms with Gasteiger partial charge in [-0.05, 0) is 19.1 Å². The average molecular weight is 325 g/mol. The first kappa shape index (κ1) is 19.7. The molecule has 0 aromatic heterocycles. The predicted octanol–water partition coefficient (Wildman–Crippen LogP) is 1.75. The standard InChI is InChI=1S/C17H27NO5/c1-12-6-8-13(9-7-12)18-10-15(21-3)17(23-5)16(22-4)14(19)11-20-2/h6-10,14-17,19H,11H2,1-5H3/t14-,15+,16-,17-/m1/s1. The van der Waals surface area contributed by atoms with Crippen LogP contribution < -0.4 is 0 Å². The van der Waals surface area contributed by atoms with E-state index < -0.39 is 24.4 Å². The summed E-state index contributed by atoms with van der Waals surface area (Å²) < 4.78 is 21.3. The summed E-state index contributed by atoms with van der Waals surface area (Å²) in [5, 5.41) is 10.1. The molecule has 0 saturated carbocycles. The van der Waals surface area contributed by atoms with Gasteiger partial charge in [-0.25, -0.2) is 0 Å². The summed E-state index contributed by atoms with van der Waals surface area (Å²) in [5.41, 5.74) is 1.99. The zero-order valence-corrected chi connectivity index (χ0v) is 14.4. The number of aliphatic imine (C=N–C) groups is 1. The molecule has 0 heterocycles. The summed E-state index contributed by atoms with van der Waals surface area (Å²) in [6.07, 6.45) is -0.776. The first-order valence-electron chi connectivity index (χ1n) is 7.43. The average Bonchev–Trinajstić information content (AvgIpc) is 2.56. The number of methoxy groups -OCH3 is 4. The van der Waals surface area contributed by atoms with E-state index in [0.717, 1.165) is 5.69 Å². The summed E-state index contributed by atoms with van der Waals surface area (Å²) in [6, 6.07) is 7.83. The van der Waals surface area contributed by atoms with Crippen molar-refractivity contribution in [1.29, 1.82) is 0 Å². The molecule has 23 heavy (non-hydrogen) atoms. The van der Waals surface area contributed by atoms with Crippen molar-refractivity contribution in [3.05, 3.63) is 29.8 Å². The minimum Gasteiger partial charge on any atom is -0.388 e. The highest BCUT2D eigenvalue weighted by molar-refractivity contribution is 5.68. The molecule has 0 aliphatic heterocycles. The van der Waals surface area contributed by atoms with Crippen molar-refractivity contribution in [2.24, 2.45) is 4.99 Å². The number of ether oxygens (including phenoxy) is 4. The highest BCUT2D eigenvalue weighted by atomic mass is 16.6. The molecule has 0 aliphatic carbocycles. The fourth-order valence-electron chi connectivity index (χ4n) is 2.30. The number of rotatable bonds is 10. The fourth-order valence-corrected chi connectivity index (χ4v) is 2.30. The van der Waals surface area contributed by atoms with Crippen LogP contribution in [0.25, 0.3) is 0 Å². The van der Waals surface area contributed by atoms with Gasteiger partial charge in [-0.15, -0.1) is 0 Å². The van der Waals surface area contributed by atoms with Crippen molar-refractivity contribution < 1.29 is 24.1 Å². The van der Waals surface area contributed by atoms with Crippen LogP contribution in [0.3, 0.4) is 0 Å². The Bertz CT molecular complexity index is 463. The Hall–Kier alpha value is -1.31.